The molecule has 6 rings (SSSR count). The van der Waals surface area contributed by atoms with Crippen molar-refractivity contribution in [3.63, 3.8) is 0 Å². The van der Waals surface area contributed by atoms with E-state index >= 15 is 0 Å². The SMILES string of the molecule is CC(C)C1=C2C3CCC4[C@@]5(C)CC[C@H](OC(=O)CC(C)(C)C(=O)O)C(C)(C)C5CC[C@@]4(C)[C@]3(C)CC[C@@]2(NC(=O)O[C@@H]2CCN(C)C2)CC1=O. The smallest absolute Gasteiger partial charge is 0.408 e. The lowest BCUT2D eigenvalue weighted by atomic mass is 9.33. The van der Waals surface area contributed by atoms with Gasteiger partial charge in [-0.3, -0.25) is 14.4 Å². The van der Waals surface area contributed by atoms with Crippen LogP contribution in [0.4, 0.5) is 4.79 Å². The fourth-order valence-corrected chi connectivity index (χ4v) is 12.9. The average Bonchev–Trinajstić information content (AvgIpc) is 3.53. The fourth-order valence-electron chi connectivity index (χ4n) is 12.9. The zero-order chi connectivity index (χ0) is 36.8. The molecule has 280 valence electrons. The van der Waals surface area contributed by atoms with Gasteiger partial charge in [-0.1, -0.05) is 48.5 Å². The Bertz CT molecular complexity index is 1470. The molecule has 0 aromatic heterocycles. The molecule has 0 aromatic carbocycles. The van der Waals surface area contributed by atoms with Gasteiger partial charge in [0.25, 0.3) is 0 Å². The number of esters is 1. The average molecular weight is 697 g/mol. The van der Waals surface area contributed by atoms with Crippen LogP contribution in [0.1, 0.15) is 133 Å². The van der Waals surface area contributed by atoms with Crippen LogP contribution in [0.3, 0.4) is 0 Å². The number of carboxylic acid groups (broad SMARTS) is 1. The van der Waals surface area contributed by atoms with Crippen molar-refractivity contribution < 1.29 is 33.8 Å². The summed E-state index contributed by atoms with van der Waals surface area (Å²) < 4.78 is 12.1. The predicted octanol–water partition coefficient (Wildman–Crippen LogP) is 7.56. The standard InChI is InChI=1S/C41H64N2O7/c1-24(2)32-27(44)21-41(42-35(48)49-25-15-20-43(10)23-25)19-18-39(8)26(33(32)41)11-12-29-38(7)16-14-30(50-31(45)22-36(3,4)34(46)47)37(5,6)28(38)13-17-40(29,39)9/h24-26,28-30H,11-23H2,1-10H3,(H,42,48)(H,46,47)/t25-,26?,28?,29?,30+,38+,39-,40-,41-/m1/s1. The third-order valence-corrected chi connectivity index (χ3v) is 15.8. The van der Waals surface area contributed by atoms with Gasteiger partial charge in [0.15, 0.2) is 5.78 Å². The molecular formula is C41H64N2O7. The molecule has 9 nitrogen and oxygen atoms in total. The van der Waals surface area contributed by atoms with E-state index in [1.807, 2.05) is 7.05 Å². The maximum atomic E-state index is 13.9. The molecule has 2 N–H and O–H groups in total. The minimum atomic E-state index is -1.17. The molecule has 0 bridgehead atoms. The number of alkyl carbamates (subject to hydrolysis) is 1. The van der Waals surface area contributed by atoms with Gasteiger partial charge in [-0.2, -0.15) is 0 Å². The normalized spacial score (nSPS) is 41.2. The second-order valence-corrected chi connectivity index (χ2v) is 19.7. The quantitative estimate of drug-likeness (QED) is 0.262. The summed E-state index contributed by atoms with van der Waals surface area (Å²) in [5.74, 6) is -0.103. The van der Waals surface area contributed by atoms with Gasteiger partial charge in [-0.15, -0.1) is 0 Å². The lowest BCUT2D eigenvalue weighted by molar-refractivity contribution is -0.232. The maximum Gasteiger partial charge on any atom is 0.408 e. The van der Waals surface area contributed by atoms with E-state index in [1.54, 1.807) is 13.8 Å². The Morgan fingerprint density at radius 1 is 0.920 bits per heavy atom. The molecule has 5 fully saturated rings. The van der Waals surface area contributed by atoms with Crippen molar-refractivity contribution in [2.24, 2.45) is 50.7 Å². The van der Waals surface area contributed by atoms with Gasteiger partial charge in [0.05, 0.1) is 17.4 Å². The minimum absolute atomic E-state index is 0.0358. The number of hydrogen-bond acceptors (Lipinski definition) is 7. The molecule has 1 saturated heterocycles. The predicted molar refractivity (Wildman–Crippen MR) is 191 cm³/mol. The van der Waals surface area contributed by atoms with Crippen LogP contribution in [0.5, 0.6) is 0 Å². The highest BCUT2D eigenvalue weighted by atomic mass is 16.6. The van der Waals surface area contributed by atoms with Crippen LogP contribution in [0.2, 0.25) is 0 Å². The molecule has 5 aliphatic carbocycles. The number of ketones is 1. The molecule has 0 radical (unpaired) electrons. The van der Waals surface area contributed by atoms with Gasteiger partial charge in [0.2, 0.25) is 0 Å². The van der Waals surface area contributed by atoms with Crippen molar-refractivity contribution in [3.05, 3.63) is 11.1 Å². The summed E-state index contributed by atoms with van der Waals surface area (Å²) in [4.78, 5) is 54.4. The first-order valence-corrected chi connectivity index (χ1v) is 19.5. The van der Waals surface area contributed by atoms with Gasteiger partial charge in [0.1, 0.15) is 12.2 Å². The number of nitrogens with one attached hydrogen (secondary N) is 1. The number of fused-ring (bicyclic) bond motifs is 7. The van der Waals surface area contributed by atoms with Crippen molar-refractivity contribution in [3.8, 4) is 0 Å². The zero-order valence-corrected chi connectivity index (χ0v) is 32.5. The highest BCUT2D eigenvalue weighted by molar-refractivity contribution is 6.02. The second kappa shape index (κ2) is 12.3. The number of amides is 1. The van der Waals surface area contributed by atoms with Crippen LogP contribution < -0.4 is 5.32 Å². The number of Topliss-reactive ketones (excluding diaryl/α,β-unsaturated/α-hetero) is 1. The Morgan fingerprint density at radius 2 is 1.62 bits per heavy atom. The number of ether oxygens (including phenoxy) is 2. The fraction of sp³-hybridized carbons (Fsp3) is 0.854. The molecular weight excluding hydrogens is 632 g/mol. The van der Waals surface area contributed by atoms with Gasteiger partial charge >= 0.3 is 18.0 Å². The van der Waals surface area contributed by atoms with Gasteiger partial charge in [-0.25, -0.2) is 4.79 Å². The van der Waals surface area contributed by atoms with E-state index in [-0.39, 0.29) is 64.0 Å². The topological polar surface area (TPSA) is 122 Å². The minimum Gasteiger partial charge on any atom is -0.481 e. The Balaban J connectivity index is 1.27. The van der Waals surface area contributed by atoms with Crippen molar-refractivity contribution in [1.82, 2.24) is 10.2 Å². The van der Waals surface area contributed by atoms with Crippen LogP contribution >= 0.6 is 0 Å². The summed E-state index contributed by atoms with van der Waals surface area (Å²) in [6.45, 7) is 21.1. The van der Waals surface area contributed by atoms with E-state index < -0.39 is 22.9 Å². The largest absolute Gasteiger partial charge is 0.481 e. The second-order valence-electron chi connectivity index (χ2n) is 19.7. The van der Waals surface area contributed by atoms with Crippen LogP contribution in [0.15, 0.2) is 11.1 Å². The summed E-state index contributed by atoms with van der Waals surface area (Å²) in [5, 5.41) is 12.9. The number of hydrogen-bond donors (Lipinski definition) is 2. The zero-order valence-electron chi connectivity index (χ0n) is 32.5. The van der Waals surface area contributed by atoms with Gasteiger partial charge in [-0.05, 0) is 130 Å². The van der Waals surface area contributed by atoms with Gasteiger partial charge in [0, 0.05) is 24.9 Å². The Morgan fingerprint density at radius 3 is 2.24 bits per heavy atom. The summed E-state index contributed by atoms with van der Waals surface area (Å²) in [7, 11) is 2.05. The van der Waals surface area contributed by atoms with Crippen molar-refractivity contribution in [2.45, 2.75) is 151 Å². The summed E-state index contributed by atoms with van der Waals surface area (Å²) in [6.07, 6.45) is 7.86. The Labute approximate surface area is 300 Å². The lowest BCUT2D eigenvalue weighted by Gasteiger charge is -2.72. The van der Waals surface area contributed by atoms with Gasteiger partial charge < -0.3 is 24.8 Å². The molecule has 0 spiro atoms. The van der Waals surface area contributed by atoms with Crippen molar-refractivity contribution in [1.29, 1.82) is 0 Å². The molecule has 4 saturated carbocycles. The molecule has 3 unspecified atom stereocenters. The highest BCUT2D eigenvalue weighted by Gasteiger charge is 2.70. The lowest BCUT2D eigenvalue weighted by Crippen LogP contribution is -2.67. The molecule has 1 heterocycles. The number of likely N-dealkylation sites (N-methyl/N-ethyl adjacent to an activating group) is 1. The van der Waals surface area contributed by atoms with E-state index in [0.717, 1.165) is 76.5 Å². The molecule has 9 heteroatoms. The number of aliphatic carboxylic acids is 1. The summed E-state index contributed by atoms with van der Waals surface area (Å²) in [6, 6.07) is 0. The molecule has 50 heavy (non-hydrogen) atoms. The van der Waals surface area contributed by atoms with E-state index in [0.29, 0.717) is 18.3 Å². The summed E-state index contributed by atoms with van der Waals surface area (Å²) >= 11 is 0. The Hall–Kier alpha value is -2.42. The first-order valence-electron chi connectivity index (χ1n) is 19.5. The molecule has 9 atom stereocenters. The molecule has 6 aliphatic rings. The summed E-state index contributed by atoms with van der Waals surface area (Å²) in [5.41, 5.74) is 0.112. The third-order valence-electron chi connectivity index (χ3n) is 15.8. The van der Waals surface area contributed by atoms with Crippen LogP contribution in [0, 0.1) is 50.7 Å². The number of rotatable bonds is 7. The van der Waals surface area contributed by atoms with E-state index in [9.17, 15) is 24.3 Å². The maximum absolute atomic E-state index is 13.9. The number of carbonyl (C=O) groups is 4. The van der Waals surface area contributed by atoms with Crippen molar-refractivity contribution >= 4 is 23.8 Å². The number of nitrogens with zero attached hydrogens (tertiary/aromatic N) is 1. The van der Waals surface area contributed by atoms with E-state index in [1.165, 1.54) is 5.57 Å². The number of carboxylic acids is 1. The molecule has 1 aliphatic heterocycles. The van der Waals surface area contributed by atoms with Crippen LogP contribution in [-0.2, 0) is 23.9 Å². The monoisotopic (exact) mass is 696 g/mol. The van der Waals surface area contributed by atoms with E-state index in [2.05, 4.69) is 58.7 Å². The number of likely N-dealkylation sites (tertiary alicyclic amines) is 1. The third kappa shape index (κ3) is 5.65. The molecule has 0 aromatic rings. The van der Waals surface area contributed by atoms with E-state index in [4.69, 9.17) is 9.47 Å². The first-order chi connectivity index (χ1) is 23.1. The number of carbonyl (C=O) groups excluding carboxylic acids is 3. The highest BCUT2D eigenvalue weighted by Crippen LogP contribution is 2.76. The number of allylic oxidation sites excluding steroid dienone is 1. The van der Waals surface area contributed by atoms with Crippen LogP contribution in [-0.4, -0.2) is 71.7 Å². The van der Waals surface area contributed by atoms with Crippen LogP contribution in [0.25, 0.3) is 0 Å². The molecule has 1 amide bonds. The van der Waals surface area contributed by atoms with Crippen molar-refractivity contribution in [2.75, 3.05) is 20.1 Å². The Kier molecular flexibility index (Phi) is 9.21. The first kappa shape index (κ1) is 37.3.